The molecule has 3 rings (SSSR count). The number of nitrogens with one attached hydrogen (secondary N) is 1. The molecule has 128 valence electrons. The van der Waals surface area contributed by atoms with E-state index in [1.54, 1.807) is 6.07 Å². The number of carbonyl (C=O) groups is 1. The van der Waals surface area contributed by atoms with Crippen LogP contribution < -0.4 is 5.32 Å². The molecule has 0 spiro atoms. The lowest BCUT2D eigenvalue weighted by Gasteiger charge is -2.31. The average Bonchev–Trinajstić information content (AvgIpc) is 3.11. The lowest BCUT2D eigenvalue weighted by Crippen LogP contribution is -2.34. The molecule has 1 fully saturated rings. The average molecular weight is 328 g/mol. The Morgan fingerprint density at radius 1 is 1.46 bits per heavy atom. The Balaban J connectivity index is 1.60. The van der Waals surface area contributed by atoms with Crippen molar-refractivity contribution >= 4 is 5.91 Å². The third kappa shape index (κ3) is 4.20. The van der Waals surface area contributed by atoms with Gasteiger partial charge in [-0.3, -0.25) is 14.7 Å². The maximum atomic E-state index is 11.9. The van der Waals surface area contributed by atoms with Crippen molar-refractivity contribution in [1.29, 1.82) is 0 Å². The van der Waals surface area contributed by atoms with Crippen LogP contribution in [0, 0.1) is 0 Å². The monoisotopic (exact) mass is 328 g/mol. The summed E-state index contributed by atoms with van der Waals surface area (Å²) < 4.78 is 5.24. The molecular weight excluding hydrogens is 304 g/mol. The molecule has 0 bridgehead atoms. The van der Waals surface area contributed by atoms with Gasteiger partial charge in [0.25, 0.3) is 5.91 Å². The first kappa shape index (κ1) is 16.6. The van der Waals surface area contributed by atoms with E-state index in [9.17, 15) is 4.79 Å². The SMILES string of the molecule is CCCNC(=O)c1cc(C2CCCN(Cc3ccccn3)C2)no1. The minimum absolute atomic E-state index is 0.184. The largest absolute Gasteiger partial charge is 0.351 e. The molecule has 3 heterocycles. The van der Waals surface area contributed by atoms with E-state index in [1.807, 2.05) is 25.3 Å². The molecule has 6 nitrogen and oxygen atoms in total. The fourth-order valence-corrected chi connectivity index (χ4v) is 3.08. The molecule has 2 aromatic rings. The van der Waals surface area contributed by atoms with Crippen LogP contribution in [0.5, 0.6) is 0 Å². The highest BCUT2D eigenvalue weighted by Crippen LogP contribution is 2.27. The van der Waals surface area contributed by atoms with Gasteiger partial charge in [-0.05, 0) is 37.9 Å². The molecule has 24 heavy (non-hydrogen) atoms. The zero-order valence-electron chi connectivity index (χ0n) is 14.1. The van der Waals surface area contributed by atoms with Crippen molar-refractivity contribution in [2.24, 2.45) is 0 Å². The molecule has 0 saturated carbocycles. The number of hydrogen-bond donors (Lipinski definition) is 1. The highest BCUT2D eigenvalue weighted by molar-refractivity contribution is 5.91. The van der Waals surface area contributed by atoms with Crippen LogP contribution in [-0.4, -0.2) is 40.6 Å². The van der Waals surface area contributed by atoms with Gasteiger partial charge in [0, 0.05) is 37.8 Å². The van der Waals surface area contributed by atoms with Gasteiger partial charge in [-0.1, -0.05) is 18.1 Å². The topological polar surface area (TPSA) is 71.3 Å². The zero-order valence-corrected chi connectivity index (χ0v) is 14.1. The van der Waals surface area contributed by atoms with Crippen molar-refractivity contribution in [2.75, 3.05) is 19.6 Å². The van der Waals surface area contributed by atoms with Crippen molar-refractivity contribution < 1.29 is 9.32 Å². The molecule has 0 radical (unpaired) electrons. The lowest BCUT2D eigenvalue weighted by atomic mass is 9.94. The van der Waals surface area contributed by atoms with Crippen LogP contribution >= 0.6 is 0 Å². The standard InChI is InChI=1S/C18H24N4O2/c1-2-8-20-18(23)17-11-16(21-24-17)14-6-5-10-22(12-14)13-15-7-3-4-9-19-15/h3-4,7,9,11,14H,2,5-6,8,10,12-13H2,1H3,(H,20,23). The van der Waals surface area contributed by atoms with Gasteiger partial charge < -0.3 is 9.84 Å². The maximum absolute atomic E-state index is 11.9. The Morgan fingerprint density at radius 3 is 3.17 bits per heavy atom. The minimum atomic E-state index is -0.184. The lowest BCUT2D eigenvalue weighted by molar-refractivity contribution is 0.0916. The van der Waals surface area contributed by atoms with Gasteiger partial charge in [-0.25, -0.2) is 0 Å². The van der Waals surface area contributed by atoms with Gasteiger partial charge in [0.15, 0.2) is 0 Å². The van der Waals surface area contributed by atoms with Gasteiger partial charge in [0.1, 0.15) is 0 Å². The zero-order chi connectivity index (χ0) is 16.8. The number of aromatic nitrogens is 2. The summed E-state index contributed by atoms with van der Waals surface area (Å²) in [4.78, 5) is 18.7. The summed E-state index contributed by atoms with van der Waals surface area (Å²) >= 11 is 0. The molecule has 0 aromatic carbocycles. The summed E-state index contributed by atoms with van der Waals surface area (Å²) in [5.74, 6) is 0.427. The molecule has 2 aromatic heterocycles. The fraction of sp³-hybridized carbons (Fsp3) is 0.500. The first-order valence-electron chi connectivity index (χ1n) is 8.63. The van der Waals surface area contributed by atoms with Crippen LogP contribution in [0.3, 0.4) is 0 Å². The number of amides is 1. The van der Waals surface area contributed by atoms with E-state index in [2.05, 4.69) is 26.4 Å². The number of nitrogens with zero attached hydrogens (tertiary/aromatic N) is 3. The summed E-state index contributed by atoms with van der Waals surface area (Å²) in [6, 6.07) is 7.79. The summed E-state index contributed by atoms with van der Waals surface area (Å²) in [5.41, 5.74) is 1.96. The van der Waals surface area contributed by atoms with E-state index in [1.165, 1.54) is 0 Å². The number of rotatable bonds is 6. The van der Waals surface area contributed by atoms with E-state index >= 15 is 0 Å². The molecule has 1 aliphatic rings. The van der Waals surface area contributed by atoms with Crippen LogP contribution in [0.2, 0.25) is 0 Å². The predicted octanol–water partition coefficient (Wildman–Crippen LogP) is 2.59. The Bertz CT molecular complexity index is 656. The molecular formula is C18H24N4O2. The first-order chi connectivity index (χ1) is 11.8. The summed E-state index contributed by atoms with van der Waals surface area (Å²) in [6.07, 6.45) is 4.91. The number of hydrogen-bond acceptors (Lipinski definition) is 5. The van der Waals surface area contributed by atoms with Crippen LogP contribution in [0.15, 0.2) is 35.0 Å². The minimum Gasteiger partial charge on any atom is -0.351 e. The smallest absolute Gasteiger partial charge is 0.289 e. The van der Waals surface area contributed by atoms with E-state index in [0.29, 0.717) is 18.2 Å². The van der Waals surface area contributed by atoms with E-state index in [4.69, 9.17) is 4.52 Å². The summed E-state index contributed by atoms with van der Waals surface area (Å²) in [6.45, 7) is 5.49. The van der Waals surface area contributed by atoms with Crippen molar-refractivity contribution in [3.8, 4) is 0 Å². The highest BCUT2D eigenvalue weighted by Gasteiger charge is 2.25. The molecule has 1 aliphatic heterocycles. The van der Waals surface area contributed by atoms with Crippen LogP contribution in [0.25, 0.3) is 0 Å². The van der Waals surface area contributed by atoms with Gasteiger partial charge in [0.2, 0.25) is 5.76 Å². The molecule has 1 unspecified atom stereocenters. The van der Waals surface area contributed by atoms with Gasteiger partial charge >= 0.3 is 0 Å². The second kappa shape index (κ2) is 8.06. The Morgan fingerprint density at radius 2 is 2.38 bits per heavy atom. The second-order valence-corrected chi connectivity index (χ2v) is 6.27. The molecule has 1 atom stereocenters. The van der Waals surface area contributed by atoms with Gasteiger partial charge in [0.05, 0.1) is 11.4 Å². The Hall–Kier alpha value is -2.21. The predicted molar refractivity (Wildman–Crippen MR) is 90.6 cm³/mol. The number of carbonyl (C=O) groups excluding carboxylic acids is 1. The Labute approximate surface area is 142 Å². The van der Waals surface area contributed by atoms with Crippen molar-refractivity contribution in [3.63, 3.8) is 0 Å². The highest BCUT2D eigenvalue weighted by atomic mass is 16.5. The van der Waals surface area contributed by atoms with E-state index in [0.717, 1.165) is 50.3 Å². The Kier molecular flexibility index (Phi) is 5.59. The quantitative estimate of drug-likeness (QED) is 0.882. The van der Waals surface area contributed by atoms with Gasteiger partial charge in [-0.2, -0.15) is 0 Å². The van der Waals surface area contributed by atoms with Crippen LogP contribution in [0.4, 0.5) is 0 Å². The molecule has 1 N–H and O–H groups in total. The molecule has 1 saturated heterocycles. The fourth-order valence-electron chi connectivity index (χ4n) is 3.08. The van der Waals surface area contributed by atoms with E-state index in [-0.39, 0.29) is 5.91 Å². The maximum Gasteiger partial charge on any atom is 0.289 e. The third-order valence-electron chi connectivity index (χ3n) is 4.32. The normalized spacial score (nSPS) is 18.5. The van der Waals surface area contributed by atoms with Crippen LogP contribution in [-0.2, 0) is 6.54 Å². The number of pyridine rings is 1. The van der Waals surface area contributed by atoms with Gasteiger partial charge in [-0.15, -0.1) is 0 Å². The van der Waals surface area contributed by atoms with E-state index < -0.39 is 0 Å². The van der Waals surface area contributed by atoms with Crippen LogP contribution in [0.1, 0.15) is 54.0 Å². The van der Waals surface area contributed by atoms with Crippen molar-refractivity contribution in [1.82, 2.24) is 20.4 Å². The molecule has 1 amide bonds. The number of piperidine rings is 1. The third-order valence-corrected chi connectivity index (χ3v) is 4.32. The second-order valence-electron chi connectivity index (χ2n) is 6.27. The first-order valence-corrected chi connectivity index (χ1v) is 8.63. The molecule has 0 aliphatic carbocycles. The van der Waals surface area contributed by atoms with Crippen molar-refractivity contribution in [2.45, 2.75) is 38.6 Å². The molecule has 6 heteroatoms. The van der Waals surface area contributed by atoms with Crippen molar-refractivity contribution in [3.05, 3.63) is 47.6 Å². The number of likely N-dealkylation sites (tertiary alicyclic amines) is 1. The summed E-state index contributed by atoms with van der Waals surface area (Å²) in [5, 5.41) is 6.95. The summed E-state index contributed by atoms with van der Waals surface area (Å²) in [7, 11) is 0.